The van der Waals surface area contributed by atoms with Crippen LogP contribution in [0.4, 0.5) is 0 Å². The lowest BCUT2D eigenvalue weighted by Gasteiger charge is -2.26. The fourth-order valence-electron chi connectivity index (χ4n) is 1.26. The van der Waals surface area contributed by atoms with Crippen LogP contribution in [-0.2, 0) is 14.9 Å². The summed E-state index contributed by atoms with van der Waals surface area (Å²) in [6, 6.07) is 0. The molecule has 0 aromatic heterocycles. The molecule has 1 amide bonds. The Hall–Kier alpha value is -1.54. The number of hydrogen-bond acceptors (Lipinski definition) is 5. The second kappa shape index (κ2) is 6.26. The second-order valence-electron chi connectivity index (χ2n) is 3.46. The maximum absolute atomic E-state index is 11.0. The SMILES string of the molecule is C=CCN1C=CN(C)C1C(N)=O.CS(=O)(=O)O. The molecular formula is C9H17N3O4S. The van der Waals surface area contributed by atoms with Gasteiger partial charge in [-0.15, -0.1) is 6.58 Å². The number of likely N-dealkylation sites (N-methyl/N-ethyl adjacent to an activating group) is 1. The van der Waals surface area contributed by atoms with E-state index in [0.29, 0.717) is 12.8 Å². The molecule has 1 heterocycles. The minimum Gasteiger partial charge on any atom is -0.366 e. The summed E-state index contributed by atoms with van der Waals surface area (Å²) in [7, 11) is -1.85. The molecule has 98 valence electrons. The van der Waals surface area contributed by atoms with E-state index in [1.165, 1.54) is 0 Å². The minimum absolute atomic E-state index is 0.343. The molecule has 0 saturated carbocycles. The molecule has 1 aliphatic heterocycles. The van der Waals surface area contributed by atoms with Crippen LogP contribution in [0.3, 0.4) is 0 Å². The van der Waals surface area contributed by atoms with Crippen molar-refractivity contribution < 1.29 is 17.8 Å². The van der Waals surface area contributed by atoms with Gasteiger partial charge in [-0.05, 0) is 0 Å². The maximum Gasteiger partial charge on any atom is 0.261 e. The fourth-order valence-corrected chi connectivity index (χ4v) is 1.26. The Morgan fingerprint density at radius 3 is 2.41 bits per heavy atom. The minimum atomic E-state index is -3.67. The van der Waals surface area contributed by atoms with Crippen LogP contribution in [0, 0.1) is 0 Å². The molecule has 0 aromatic carbocycles. The van der Waals surface area contributed by atoms with Crippen LogP contribution in [0.15, 0.2) is 25.1 Å². The summed E-state index contributed by atoms with van der Waals surface area (Å²) in [5.74, 6) is -0.343. The molecule has 0 aromatic rings. The van der Waals surface area contributed by atoms with Gasteiger partial charge in [-0.3, -0.25) is 9.35 Å². The van der Waals surface area contributed by atoms with E-state index in [4.69, 9.17) is 10.3 Å². The van der Waals surface area contributed by atoms with E-state index in [0.717, 1.165) is 0 Å². The zero-order valence-corrected chi connectivity index (χ0v) is 10.6. The Bertz CT molecular complexity index is 396. The summed E-state index contributed by atoms with van der Waals surface area (Å²) in [5.41, 5.74) is 5.21. The third-order valence-corrected chi connectivity index (χ3v) is 1.79. The lowest BCUT2D eigenvalue weighted by Crippen LogP contribution is -2.46. The highest BCUT2D eigenvalue weighted by Crippen LogP contribution is 2.12. The Morgan fingerprint density at radius 1 is 1.59 bits per heavy atom. The van der Waals surface area contributed by atoms with Crippen molar-refractivity contribution >= 4 is 16.0 Å². The Labute approximate surface area is 101 Å². The van der Waals surface area contributed by atoms with Gasteiger partial charge in [0.2, 0.25) is 0 Å². The average molecular weight is 263 g/mol. The van der Waals surface area contributed by atoms with Crippen LogP contribution in [-0.4, -0.2) is 54.7 Å². The highest BCUT2D eigenvalue weighted by molar-refractivity contribution is 7.85. The molecule has 0 radical (unpaired) electrons. The summed E-state index contributed by atoms with van der Waals surface area (Å²) >= 11 is 0. The molecule has 17 heavy (non-hydrogen) atoms. The van der Waals surface area contributed by atoms with Gasteiger partial charge in [-0.2, -0.15) is 8.42 Å². The van der Waals surface area contributed by atoms with E-state index >= 15 is 0 Å². The normalized spacial score (nSPS) is 18.6. The van der Waals surface area contributed by atoms with E-state index in [-0.39, 0.29) is 12.1 Å². The molecule has 0 saturated heterocycles. The molecule has 3 N–H and O–H groups in total. The molecule has 1 aliphatic rings. The zero-order valence-electron chi connectivity index (χ0n) is 9.78. The highest BCUT2D eigenvalue weighted by Gasteiger charge is 2.27. The predicted octanol–water partition coefficient (Wildman–Crippen LogP) is -0.794. The quantitative estimate of drug-likeness (QED) is 0.510. The maximum atomic E-state index is 11.0. The number of carbonyl (C=O) groups is 1. The van der Waals surface area contributed by atoms with Crippen LogP contribution in [0.25, 0.3) is 0 Å². The highest BCUT2D eigenvalue weighted by atomic mass is 32.2. The number of nitrogens with two attached hydrogens (primary N) is 1. The van der Waals surface area contributed by atoms with Gasteiger partial charge >= 0.3 is 0 Å². The summed E-state index contributed by atoms with van der Waals surface area (Å²) < 4.78 is 25.9. The van der Waals surface area contributed by atoms with Crippen LogP contribution in [0.5, 0.6) is 0 Å². The van der Waals surface area contributed by atoms with Crippen molar-refractivity contribution in [1.82, 2.24) is 9.80 Å². The third kappa shape index (κ3) is 6.59. The first-order valence-electron chi connectivity index (χ1n) is 4.65. The van der Waals surface area contributed by atoms with E-state index < -0.39 is 10.1 Å². The van der Waals surface area contributed by atoms with Crippen molar-refractivity contribution in [3.8, 4) is 0 Å². The smallest absolute Gasteiger partial charge is 0.261 e. The lowest BCUT2D eigenvalue weighted by molar-refractivity contribution is -0.125. The van der Waals surface area contributed by atoms with Gasteiger partial charge < -0.3 is 15.5 Å². The van der Waals surface area contributed by atoms with Gasteiger partial charge in [0, 0.05) is 26.0 Å². The molecule has 7 nitrogen and oxygen atoms in total. The number of nitrogens with zero attached hydrogens (tertiary/aromatic N) is 2. The van der Waals surface area contributed by atoms with Crippen LogP contribution < -0.4 is 5.73 Å². The number of rotatable bonds is 3. The molecular weight excluding hydrogens is 246 g/mol. The Morgan fingerprint density at radius 2 is 2.06 bits per heavy atom. The first-order chi connectivity index (χ1) is 7.66. The summed E-state index contributed by atoms with van der Waals surface area (Å²) in [6.07, 6.45) is 5.74. The Balaban J connectivity index is 0.000000437. The lowest BCUT2D eigenvalue weighted by atomic mass is 10.4. The molecule has 1 atom stereocenters. The van der Waals surface area contributed by atoms with Crippen molar-refractivity contribution in [2.24, 2.45) is 5.73 Å². The third-order valence-electron chi connectivity index (χ3n) is 1.79. The first kappa shape index (κ1) is 15.5. The molecule has 0 spiro atoms. The molecule has 8 heteroatoms. The molecule has 0 bridgehead atoms. The summed E-state index contributed by atoms with van der Waals surface area (Å²) in [5, 5.41) is 0. The van der Waals surface area contributed by atoms with Crippen molar-refractivity contribution in [3.05, 3.63) is 25.1 Å². The molecule has 0 aliphatic carbocycles. The summed E-state index contributed by atoms with van der Waals surface area (Å²) in [6.45, 7) is 4.23. The van der Waals surface area contributed by atoms with Crippen LogP contribution >= 0.6 is 0 Å². The van der Waals surface area contributed by atoms with Crippen LogP contribution in [0.2, 0.25) is 0 Å². The number of primary amides is 1. The molecule has 1 rings (SSSR count). The van der Waals surface area contributed by atoms with E-state index in [1.54, 1.807) is 11.0 Å². The van der Waals surface area contributed by atoms with Gasteiger partial charge in [0.15, 0.2) is 6.17 Å². The first-order valence-corrected chi connectivity index (χ1v) is 6.50. The predicted molar refractivity (Wildman–Crippen MR) is 64.3 cm³/mol. The van der Waals surface area contributed by atoms with Crippen LogP contribution in [0.1, 0.15) is 0 Å². The zero-order chi connectivity index (χ0) is 13.6. The van der Waals surface area contributed by atoms with Gasteiger partial charge in [0.05, 0.1) is 6.26 Å². The van der Waals surface area contributed by atoms with E-state index in [1.807, 2.05) is 24.3 Å². The summed E-state index contributed by atoms with van der Waals surface area (Å²) in [4.78, 5) is 14.6. The van der Waals surface area contributed by atoms with Crippen molar-refractivity contribution in [3.63, 3.8) is 0 Å². The number of amides is 1. The standard InChI is InChI=1S/C8H13N3O.CH4O3S/c1-3-4-11-6-5-10(2)8(11)7(9)12;1-5(2,3)4/h3,5-6,8H,1,4H2,2H3,(H2,9,12);1H3,(H,2,3,4). The number of carbonyl (C=O) groups excluding carboxylic acids is 1. The molecule has 0 fully saturated rings. The second-order valence-corrected chi connectivity index (χ2v) is 4.92. The van der Waals surface area contributed by atoms with Crippen molar-refractivity contribution in [1.29, 1.82) is 0 Å². The topological polar surface area (TPSA) is 104 Å². The van der Waals surface area contributed by atoms with E-state index in [9.17, 15) is 13.2 Å². The monoisotopic (exact) mass is 263 g/mol. The Kier molecular flexibility index (Phi) is 5.69. The van der Waals surface area contributed by atoms with Crippen molar-refractivity contribution in [2.75, 3.05) is 19.8 Å². The van der Waals surface area contributed by atoms with Gasteiger partial charge in [-0.25, -0.2) is 0 Å². The number of hydrogen-bond donors (Lipinski definition) is 2. The van der Waals surface area contributed by atoms with Crippen molar-refractivity contribution in [2.45, 2.75) is 6.17 Å². The molecule has 1 unspecified atom stereocenters. The van der Waals surface area contributed by atoms with Gasteiger partial charge in [-0.1, -0.05) is 6.08 Å². The fraction of sp³-hybridized carbons (Fsp3) is 0.444. The van der Waals surface area contributed by atoms with Gasteiger partial charge in [0.1, 0.15) is 0 Å². The average Bonchev–Trinajstić information content (AvgIpc) is 2.44. The van der Waals surface area contributed by atoms with E-state index in [2.05, 4.69) is 6.58 Å². The largest absolute Gasteiger partial charge is 0.366 e. The van der Waals surface area contributed by atoms with Gasteiger partial charge in [0.25, 0.3) is 16.0 Å².